The van der Waals surface area contributed by atoms with Gasteiger partial charge in [0.15, 0.2) is 0 Å². The van der Waals surface area contributed by atoms with Crippen LogP contribution in [0.1, 0.15) is 11.5 Å². The van der Waals surface area contributed by atoms with Crippen molar-refractivity contribution in [2.45, 2.75) is 12.2 Å². The predicted octanol–water partition coefficient (Wildman–Crippen LogP) is 5.53. The monoisotopic (exact) mass is 394 g/mol. The van der Waals surface area contributed by atoms with E-state index in [0.717, 1.165) is 28.4 Å². The lowest BCUT2D eigenvalue weighted by Gasteiger charge is -2.02. The maximum atomic E-state index is 6.02. The van der Waals surface area contributed by atoms with E-state index in [2.05, 4.69) is 10.1 Å². The Morgan fingerprint density at radius 3 is 2.80 bits per heavy atom. The van der Waals surface area contributed by atoms with Crippen LogP contribution in [0.5, 0.6) is 5.75 Å². The third-order valence-corrected chi connectivity index (χ3v) is 5.28. The Morgan fingerprint density at radius 2 is 2.00 bits per heavy atom. The van der Waals surface area contributed by atoms with Crippen LogP contribution in [0.25, 0.3) is 11.4 Å². The van der Waals surface area contributed by atoms with Gasteiger partial charge in [-0.15, -0.1) is 0 Å². The van der Waals surface area contributed by atoms with Crippen LogP contribution < -0.4 is 4.74 Å². The Hall–Kier alpha value is -1.69. The molecule has 0 bridgehead atoms. The molecule has 1 heterocycles. The van der Waals surface area contributed by atoms with Crippen molar-refractivity contribution in [1.29, 1.82) is 0 Å². The van der Waals surface area contributed by atoms with Crippen molar-refractivity contribution in [3.63, 3.8) is 0 Å². The number of rotatable bonds is 7. The molecule has 0 amide bonds. The van der Waals surface area contributed by atoms with Crippen LogP contribution in [0.15, 0.2) is 47.0 Å². The smallest absolute Gasteiger partial charge is 0.227 e. The minimum Gasteiger partial charge on any atom is -0.497 e. The lowest BCUT2D eigenvalue weighted by Crippen LogP contribution is -1.91. The average Bonchev–Trinajstić information content (AvgIpc) is 3.11. The zero-order valence-electron chi connectivity index (χ0n) is 13.5. The second-order valence-corrected chi connectivity index (χ2v) is 7.21. The summed E-state index contributed by atoms with van der Waals surface area (Å²) in [7, 11) is 1.63. The van der Waals surface area contributed by atoms with Crippen LogP contribution in [0.2, 0.25) is 10.0 Å². The van der Waals surface area contributed by atoms with Gasteiger partial charge in [-0.3, -0.25) is 0 Å². The first-order chi connectivity index (χ1) is 12.2. The maximum absolute atomic E-state index is 6.02. The Labute approximate surface area is 160 Å². The van der Waals surface area contributed by atoms with Gasteiger partial charge in [0.2, 0.25) is 11.7 Å². The minimum absolute atomic E-state index is 0.573. The van der Waals surface area contributed by atoms with Crippen molar-refractivity contribution in [2.75, 3.05) is 12.9 Å². The van der Waals surface area contributed by atoms with E-state index in [4.69, 9.17) is 32.5 Å². The number of ether oxygens (including phenoxy) is 1. The minimum atomic E-state index is 0.573. The molecule has 25 heavy (non-hydrogen) atoms. The number of aryl methyl sites for hydroxylation is 1. The van der Waals surface area contributed by atoms with E-state index >= 15 is 0 Å². The van der Waals surface area contributed by atoms with Crippen molar-refractivity contribution in [1.82, 2.24) is 10.1 Å². The highest BCUT2D eigenvalue weighted by molar-refractivity contribution is 7.98. The molecule has 0 aliphatic rings. The first-order valence-corrected chi connectivity index (χ1v) is 9.55. The standard InChI is InChI=1S/C18H16Cl2N2O2S/c1-23-14-4-2-3-13(10-14)18-21-17(24-22-18)7-8-25-11-12-5-6-15(19)16(20)9-12/h2-6,9-10H,7-8,11H2,1H3. The molecule has 0 saturated carbocycles. The van der Waals surface area contributed by atoms with E-state index in [1.807, 2.05) is 42.5 Å². The fourth-order valence-electron chi connectivity index (χ4n) is 2.21. The van der Waals surface area contributed by atoms with E-state index in [-0.39, 0.29) is 0 Å². The number of hydrogen-bond acceptors (Lipinski definition) is 5. The summed E-state index contributed by atoms with van der Waals surface area (Å²) < 4.78 is 10.5. The van der Waals surface area contributed by atoms with Gasteiger partial charge in [-0.2, -0.15) is 16.7 Å². The lowest BCUT2D eigenvalue weighted by molar-refractivity contribution is 0.383. The lowest BCUT2D eigenvalue weighted by atomic mass is 10.2. The second kappa shape index (κ2) is 8.61. The first kappa shape index (κ1) is 18.1. The predicted molar refractivity (Wildman–Crippen MR) is 103 cm³/mol. The molecule has 0 spiro atoms. The second-order valence-electron chi connectivity index (χ2n) is 5.29. The molecule has 0 radical (unpaired) electrons. The maximum Gasteiger partial charge on any atom is 0.227 e. The topological polar surface area (TPSA) is 48.2 Å². The van der Waals surface area contributed by atoms with Gasteiger partial charge in [-0.25, -0.2) is 0 Å². The molecule has 0 unspecified atom stereocenters. The summed E-state index contributed by atoms with van der Waals surface area (Å²) >= 11 is 13.7. The van der Waals surface area contributed by atoms with Crippen molar-refractivity contribution >= 4 is 35.0 Å². The zero-order valence-corrected chi connectivity index (χ0v) is 15.9. The molecule has 0 aliphatic carbocycles. The highest BCUT2D eigenvalue weighted by Crippen LogP contribution is 2.25. The molecule has 0 atom stereocenters. The Balaban J connectivity index is 1.52. The largest absolute Gasteiger partial charge is 0.497 e. The molecular formula is C18H16Cl2N2O2S. The molecule has 0 N–H and O–H groups in total. The van der Waals surface area contributed by atoms with Crippen molar-refractivity contribution in [3.05, 3.63) is 64.0 Å². The van der Waals surface area contributed by atoms with Crippen molar-refractivity contribution in [2.24, 2.45) is 0 Å². The molecule has 4 nitrogen and oxygen atoms in total. The van der Waals surface area contributed by atoms with Gasteiger partial charge in [0.25, 0.3) is 0 Å². The van der Waals surface area contributed by atoms with E-state index in [9.17, 15) is 0 Å². The number of hydrogen-bond donors (Lipinski definition) is 0. The molecule has 0 fully saturated rings. The third kappa shape index (κ3) is 4.91. The molecule has 0 saturated heterocycles. The zero-order chi connectivity index (χ0) is 17.6. The molecule has 7 heteroatoms. The number of thioether (sulfide) groups is 1. The van der Waals surface area contributed by atoms with Crippen LogP contribution in [-0.2, 0) is 12.2 Å². The summed E-state index contributed by atoms with van der Waals surface area (Å²) in [5, 5.41) is 5.20. The van der Waals surface area contributed by atoms with Gasteiger partial charge in [0.05, 0.1) is 17.2 Å². The number of halogens is 2. The number of methoxy groups -OCH3 is 1. The van der Waals surface area contributed by atoms with Crippen LogP contribution in [0.3, 0.4) is 0 Å². The summed E-state index contributed by atoms with van der Waals surface area (Å²) in [6.07, 6.45) is 0.711. The highest BCUT2D eigenvalue weighted by Gasteiger charge is 2.09. The molecular weight excluding hydrogens is 379 g/mol. The van der Waals surface area contributed by atoms with Gasteiger partial charge >= 0.3 is 0 Å². The van der Waals surface area contributed by atoms with Gasteiger partial charge in [0, 0.05) is 23.5 Å². The van der Waals surface area contributed by atoms with Crippen molar-refractivity contribution in [3.8, 4) is 17.1 Å². The molecule has 1 aromatic heterocycles. The summed E-state index contributed by atoms with van der Waals surface area (Å²) in [5.41, 5.74) is 2.01. The van der Waals surface area contributed by atoms with Crippen LogP contribution in [0, 0.1) is 0 Å². The molecule has 3 rings (SSSR count). The SMILES string of the molecule is COc1cccc(-c2noc(CCSCc3ccc(Cl)c(Cl)c3)n2)c1. The molecule has 0 aliphatic heterocycles. The first-order valence-electron chi connectivity index (χ1n) is 7.64. The molecule has 2 aromatic carbocycles. The number of benzene rings is 2. The Kier molecular flexibility index (Phi) is 6.24. The van der Waals surface area contributed by atoms with E-state index in [0.29, 0.717) is 28.2 Å². The summed E-state index contributed by atoms with van der Waals surface area (Å²) in [6.45, 7) is 0. The van der Waals surface area contributed by atoms with E-state index in [1.54, 1.807) is 18.9 Å². The quantitative estimate of drug-likeness (QED) is 0.493. The Morgan fingerprint density at radius 1 is 1.12 bits per heavy atom. The van der Waals surface area contributed by atoms with Gasteiger partial charge < -0.3 is 9.26 Å². The van der Waals surface area contributed by atoms with Gasteiger partial charge in [-0.1, -0.05) is 46.6 Å². The van der Waals surface area contributed by atoms with E-state index < -0.39 is 0 Å². The fraction of sp³-hybridized carbons (Fsp3) is 0.222. The summed E-state index contributed by atoms with van der Waals surface area (Å²) in [4.78, 5) is 4.44. The number of aromatic nitrogens is 2. The van der Waals surface area contributed by atoms with Crippen LogP contribution >= 0.6 is 35.0 Å². The fourth-order valence-corrected chi connectivity index (χ4v) is 3.41. The molecule has 130 valence electrons. The summed E-state index contributed by atoms with van der Waals surface area (Å²) in [6, 6.07) is 13.3. The van der Waals surface area contributed by atoms with Crippen LogP contribution in [-0.4, -0.2) is 23.0 Å². The van der Waals surface area contributed by atoms with Crippen molar-refractivity contribution < 1.29 is 9.26 Å². The highest BCUT2D eigenvalue weighted by atomic mass is 35.5. The molecule has 3 aromatic rings. The Bertz CT molecular complexity index is 855. The summed E-state index contributed by atoms with van der Waals surface area (Å²) in [5.74, 6) is 3.69. The average molecular weight is 395 g/mol. The van der Waals surface area contributed by atoms with Gasteiger partial charge in [-0.05, 0) is 29.8 Å². The van der Waals surface area contributed by atoms with Gasteiger partial charge in [0.1, 0.15) is 5.75 Å². The number of nitrogens with zero attached hydrogens (tertiary/aromatic N) is 2. The third-order valence-electron chi connectivity index (χ3n) is 3.51. The van der Waals surface area contributed by atoms with Crippen LogP contribution in [0.4, 0.5) is 0 Å². The van der Waals surface area contributed by atoms with E-state index in [1.165, 1.54) is 0 Å². The normalized spacial score (nSPS) is 10.8.